The molecule has 2 aliphatic carbocycles. The lowest BCUT2D eigenvalue weighted by molar-refractivity contribution is -0.146. The SMILES string of the molecule is CCOC(=O)C(CN(C)C1CC1)NC1CC1. The van der Waals surface area contributed by atoms with Crippen molar-refractivity contribution in [3.05, 3.63) is 0 Å². The third-order valence-electron chi connectivity index (χ3n) is 3.23. The molecule has 0 aliphatic heterocycles. The molecule has 2 fully saturated rings. The van der Waals surface area contributed by atoms with Crippen LogP contribution in [0.3, 0.4) is 0 Å². The third kappa shape index (κ3) is 3.46. The predicted molar refractivity (Wildman–Crippen MR) is 62.2 cm³/mol. The molecule has 1 unspecified atom stereocenters. The number of esters is 1. The zero-order valence-corrected chi connectivity index (χ0v) is 10.2. The highest BCUT2D eigenvalue weighted by atomic mass is 16.5. The number of likely N-dealkylation sites (N-methyl/N-ethyl adjacent to an activating group) is 1. The van der Waals surface area contributed by atoms with Gasteiger partial charge in [0.1, 0.15) is 6.04 Å². The van der Waals surface area contributed by atoms with Crippen molar-refractivity contribution < 1.29 is 9.53 Å². The Kier molecular flexibility index (Phi) is 3.82. The summed E-state index contributed by atoms with van der Waals surface area (Å²) < 4.78 is 5.11. The van der Waals surface area contributed by atoms with Crippen LogP contribution in [0.2, 0.25) is 0 Å². The molecule has 0 heterocycles. The highest BCUT2D eigenvalue weighted by Gasteiger charge is 2.33. The van der Waals surface area contributed by atoms with E-state index in [9.17, 15) is 4.79 Å². The Morgan fingerprint density at radius 3 is 2.62 bits per heavy atom. The number of rotatable bonds is 7. The van der Waals surface area contributed by atoms with E-state index < -0.39 is 0 Å². The highest BCUT2D eigenvalue weighted by Crippen LogP contribution is 2.26. The first kappa shape index (κ1) is 11.9. The molecule has 0 aromatic heterocycles. The summed E-state index contributed by atoms with van der Waals surface area (Å²) in [5.41, 5.74) is 0. The van der Waals surface area contributed by atoms with Crippen molar-refractivity contribution in [1.82, 2.24) is 10.2 Å². The minimum absolute atomic E-state index is 0.0955. The number of nitrogens with one attached hydrogen (secondary N) is 1. The van der Waals surface area contributed by atoms with Crippen LogP contribution in [0.4, 0.5) is 0 Å². The summed E-state index contributed by atoms with van der Waals surface area (Å²) in [4.78, 5) is 14.0. The maximum absolute atomic E-state index is 11.8. The van der Waals surface area contributed by atoms with Crippen molar-refractivity contribution >= 4 is 5.97 Å². The molecule has 0 spiro atoms. The Labute approximate surface area is 97.3 Å². The summed E-state index contributed by atoms with van der Waals surface area (Å²) in [7, 11) is 2.10. The van der Waals surface area contributed by atoms with Crippen LogP contribution in [0.15, 0.2) is 0 Å². The maximum atomic E-state index is 11.8. The highest BCUT2D eigenvalue weighted by molar-refractivity contribution is 5.76. The summed E-state index contributed by atoms with van der Waals surface area (Å²) in [5, 5.41) is 3.37. The lowest BCUT2D eigenvalue weighted by atomic mass is 10.2. The molecule has 16 heavy (non-hydrogen) atoms. The zero-order chi connectivity index (χ0) is 11.5. The average molecular weight is 226 g/mol. The van der Waals surface area contributed by atoms with Crippen molar-refractivity contribution in [3.63, 3.8) is 0 Å². The Morgan fingerprint density at radius 2 is 2.12 bits per heavy atom. The summed E-state index contributed by atoms with van der Waals surface area (Å²) in [6.07, 6.45) is 4.94. The summed E-state index contributed by atoms with van der Waals surface area (Å²) in [6, 6.07) is 1.10. The summed E-state index contributed by atoms with van der Waals surface area (Å²) >= 11 is 0. The fourth-order valence-electron chi connectivity index (χ4n) is 1.93. The van der Waals surface area contributed by atoms with Gasteiger partial charge in [0.25, 0.3) is 0 Å². The number of hydrogen-bond donors (Lipinski definition) is 1. The Balaban J connectivity index is 1.81. The predicted octanol–water partition coefficient (Wildman–Crippen LogP) is 0.764. The van der Waals surface area contributed by atoms with Gasteiger partial charge in [-0.2, -0.15) is 0 Å². The fourth-order valence-corrected chi connectivity index (χ4v) is 1.93. The Hall–Kier alpha value is -0.610. The van der Waals surface area contributed by atoms with Crippen molar-refractivity contribution in [2.45, 2.75) is 50.7 Å². The van der Waals surface area contributed by atoms with E-state index in [4.69, 9.17) is 4.74 Å². The van der Waals surface area contributed by atoms with Crippen LogP contribution in [0, 0.1) is 0 Å². The lowest BCUT2D eigenvalue weighted by Crippen LogP contribution is -2.47. The molecule has 4 heteroatoms. The maximum Gasteiger partial charge on any atom is 0.324 e. The van der Waals surface area contributed by atoms with Crippen LogP contribution in [0.5, 0.6) is 0 Å². The van der Waals surface area contributed by atoms with Gasteiger partial charge in [0.15, 0.2) is 0 Å². The molecule has 0 amide bonds. The first-order valence-electron chi connectivity index (χ1n) is 6.33. The molecule has 92 valence electrons. The second-order valence-electron chi connectivity index (χ2n) is 4.92. The van der Waals surface area contributed by atoms with Crippen LogP contribution >= 0.6 is 0 Å². The van der Waals surface area contributed by atoms with Gasteiger partial charge in [-0.3, -0.25) is 4.79 Å². The van der Waals surface area contributed by atoms with Gasteiger partial charge in [0.05, 0.1) is 6.61 Å². The number of ether oxygens (including phenoxy) is 1. The van der Waals surface area contributed by atoms with E-state index in [0.29, 0.717) is 18.7 Å². The largest absolute Gasteiger partial charge is 0.465 e. The molecule has 0 aromatic carbocycles. The van der Waals surface area contributed by atoms with Gasteiger partial charge in [-0.05, 0) is 39.7 Å². The van der Waals surface area contributed by atoms with E-state index >= 15 is 0 Å². The van der Waals surface area contributed by atoms with Crippen LogP contribution in [0.25, 0.3) is 0 Å². The number of hydrogen-bond acceptors (Lipinski definition) is 4. The van der Waals surface area contributed by atoms with Gasteiger partial charge in [-0.25, -0.2) is 0 Å². The molecule has 0 bridgehead atoms. The van der Waals surface area contributed by atoms with Gasteiger partial charge in [0, 0.05) is 18.6 Å². The van der Waals surface area contributed by atoms with E-state index in [2.05, 4.69) is 17.3 Å². The van der Waals surface area contributed by atoms with Gasteiger partial charge in [-0.15, -0.1) is 0 Å². The zero-order valence-electron chi connectivity index (χ0n) is 10.2. The normalized spacial score (nSPS) is 22.2. The molecule has 0 radical (unpaired) electrons. The quantitative estimate of drug-likeness (QED) is 0.651. The van der Waals surface area contributed by atoms with Crippen molar-refractivity contribution in [1.29, 1.82) is 0 Å². The molecule has 0 saturated heterocycles. The van der Waals surface area contributed by atoms with E-state index in [-0.39, 0.29) is 12.0 Å². The number of nitrogens with zero attached hydrogens (tertiary/aromatic N) is 1. The Morgan fingerprint density at radius 1 is 1.44 bits per heavy atom. The van der Waals surface area contributed by atoms with E-state index in [1.807, 2.05) is 6.92 Å². The Bertz CT molecular complexity index is 249. The van der Waals surface area contributed by atoms with Crippen LogP contribution < -0.4 is 5.32 Å². The lowest BCUT2D eigenvalue weighted by Gasteiger charge is -2.23. The van der Waals surface area contributed by atoms with E-state index in [0.717, 1.165) is 6.54 Å². The van der Waals surface area contributed by atoms with Gasteiger partial charge in [0.2, 0.25) is 0 Å². The summed E-state index contributed by atoms with van der Waals surface area (Å²) in [6.45, 7) is 3.10. The minimum atomic E-state index is -0.141. The molecule has 1 atom stereocenters. The van der Waals surface area contributed by atoms with Gasteiger partial charge in [-0.1, -0.05) is 0 Å². The topological polar surface area (TPSA) is 41.6 Å². The summed E-state index contributed by atoms with van der Waals surface area (Å²) in [5.74, 6) is -0.0955. The fraction of sp³-hybridized carbons (Fsp3) is 0.917. The molecular formula is C12H22N2O2. The van der Waals surface area contributed by atoms with Crippen molar-refractivity contribution in [3.8, 4) is 0 Å². The second-order valence-corrected chi connectivity index (χ2v) is 4.92. The first-order valence-corrected chi connectivity index (χ1v) is 6.33. The molecule has 1 N–H and O–H groups in total. The van der Waals surface area contributed by atoms with Crippen molar-refractivity contribution in [2.24, 2.45) is 0 Å². The van der Waals surface area contributed by atoms with Gasteiger partial charge < -0.3 is 15.0 Å². The van der Waals surface area contributed by atoms with Gasteiger partial charge >= 0.3 is 5.97 Å². The number of carbonyl (C=O) groups is 1. The van der Waals surface area contributed by atoms with Crippen LogP contribution in [-0.4, -0.2) is 49.2 Å². The van der Waals surface area contributed by atoms with Crippen LogP contribution in [-0.2, 0) is 9.53 Å². The molecule has 4 nitrogen and oxygen atoms in total. The second kappa shape index (κ2) is 5.15. The van der Waals surface area contributed by atoms with E-state index in [1.165, 1.54) is 25.7 Å². The average Bonchev–Trinajstić information content (AvgIpc) is 3.11. The van der Waals surface area contributed by atoms with Crippen molar-refractivity contribution in [2.75, 3.05) is 20.2 Å². The third-order valence-corrected chi connectivity index (χ3v) is 3.23. The molecular weight excluding hydrogens is 204 g/mol. The smallest absolute Gasteiger partial charge is 0.324 e. The van der Waals surface area contributed by atoms with E-state index in [1.54, 1.807) is 0 Å². The first-order chi connectivity index (χ1) is 7.70. The molecule has 2 saturated carbocycles. The molecule has 2 aliphatic rings. The standard InChI is InChI=1S/C12H22N2O2/c1-3-16-12(15)11(13-9-4-5-9)8-14(2)10-6-7-10/h9-11,13H,3-8H2,1-2H3. The molecule has 2 rings (SSSR count). The number of carbonyl (C=O) groups excluding carboxylic acids is 1. The monoisotopic (exact) mass is 226 g/mol. The van der Waals surface area contributed by atoms with Crippen LogP contribution in [0.1, 0.15) is 32.6 Å². The minimum Gasteiger partial charge on any atom is -0.465 e. The molecule has 0 aromatic rings.